The normalized spacial score (nSPS) is 10.7. The van der Waals surface area contributed by atoms with Crippen molar-refractivity contribution in [2.24, 2.45) is 0 Å². The molecule has 0 unspecified atom stereocenters. The van der Waals surface area contributed by atoms with Gasteiger partial charge in [0.15, 0.2) is 0 Å². The Labute approximate surface area is 162 Å². The molecule has 0 atom stereocenters. The van der Waals surface area contributed by atoms with Crippen LogP contribution >= 0.6 is 0 Å². The maximum absolute atomic E-state index is 12.6. The first-order valence-electron chi connectivity index (χ1n) is 8.90. The van der Waals surface area contributed by atoms with Crippen LogP contribution in [0.2, 0.25) is 0 Å². The molecule has 28 heavy (non-hydrogen) atoms. The molecule has 7 heteroatoms. The molecule has 2 amide bonds. The Hall–Kier alpha value is -3.48. The zero-order chi connectivity index (χ0) is 20.3. The molecule has 144 valence electrons. The summed E-state index contributed by atoms with van der Waals surface area (Å²) in [6.45, 7) is 2.19. The lowest BCUT2D eigenvalue weighted by molar-refractivity contribution is -0.131. The lowest BCUT2D eigenvalue weighted by atomic mass is 10.1. The standard InChI is InChI=1S/C21H22N4O3/c1-14-5-4-6-17-19(14)23-13-25(21(17)28)12-18(26)24(3)11-15-7-9-16(10-8-15)20(27)22-2/h4-10,13H,11-12H2,1-3H3,(H,22,27). The SMILES string of the molecule is CNC(=O)c1ccc(CN(C)C(=O)Cn2cnc3c(C)cccc3c2=O)cc1. The van der Waals surface area contributed by atoms with E-state index in [0.717, 1.165) is 11.1 Å². The second kappa shape index (κ2) is 8.04. The van der Waals surface area contributed by atoms with Crippen LogP contribution in [0.5, 0.6) is 0 Å². The van der Waals surface area contributed by atoms with Crippen LogP contribution in [0.1, 0.15) is 21.5 Å². The van der Waals surface area contributed by atoms with Gasteiger partial charge in [0.1, 0.15) is 6.54 Å². The highest BCUT2D eigenvalue weighted by atomic mass is 16.2. The van der Waals surface area contributed by atoms with E-state index in [1.807, 2.05) is 19.1 Å². The van der Waals surface area contributed by atoms with Crippen LogP contribution in [0.15, 0.2) is 53.6 Å². The van der Waals surface area contributed by atoms with Crippen molar-refractivity contribution in [3.63, 3.8) is 0 Å². The summed E-state index contributed by atoms with van der Waals surface area (Å²) < 4.78 is 1.33. The molecule has 0 saturated carbocycles. The van der Waals surface area contributed by atoms with E-state index in [1.54, 1.807) is 49.3 Å². The van der Waals surface area contributed by atoms with Crippen molar-refractivity contribution in [2.75, 3.05) is 14.1 Å². The Kier molecular flexibility index (Phi) is 5.54. The van der Waals surface area contributed by atoms with Gasteiger partial charge in [0.05, 0.1) is 17.2 Å². The molecule has 1 heterocycles. The lowest BCUT2D eigenvalue weighted by Gasteiger charge is -2.18. The van der Waals surface area contributed by atoms with Crippen LogP contribution in [0.3, 0.4) is 0 Å². The summed E-state index contributed by atoms with van der Waals surface area (Å²) in [7, 11) is 3.26. The zero-order valence-electron chi connectivity index (χ0n) is 16.1. The first kappa shape index (κ1) is 19.3. The van der Waals surface area contributed by atoms with Crippen molar-refractivity contribution in [1.29, 1.82) is 0 Å². The molecule has 2 aromatic carbocycles. The molecule has 0 radical (unpaired) electrons. The topological polar surface area (TPSA) is 84.3 Å². The second-order valence-electron chi connectivity index (χ2n) is 6.67. The van der Waals surface area contributed by atoms with Crippen LogP contribution in [0.25, 0.3) is 10.9 Å². The lowest BCUT2D eigenvalue weighted by Crippen LogP contribution is -2.33. The van der Waals surface area contributed by atoms with E-state index in [9.17, 15) is 14.4 Å². The van der Waals surface area contributed by atoms with Gasteiger partial charge in [-0.3, -0.25) is 19.0 Å². The van der Waals surface area contributed by atoms with Crippen molar-refractivity contribution in [2.45, 2.75) is 20.0 Å². The quantitative estimate of drug-likeness (QED) is 0.733. The van der Waals surface area contributed by atoms with E-state index >= 15 is 0 Å². The summed E-state index contributed by atoms with van der Waals surface area (Å²) in [5.74, 6) is -0.360. The number of rotatable bonds is 5. The largest absolute Gasteiger partial charge is 0.355 e. The third-order valence-electron chi connectivity index (χ3n) is 4.65. The Bertz CT molecular complexity index is 1090. The molecule has 0 saturated heterocycles. The van der Waals surface area contributed by atoms with E-state index in [-0.39, 0.29) is 23.9 Å². The number of aromatic nitrogens is 2. The van der Waals surface area contributed by atoms with Gasteiger partial charge in [-0.15, -0.1) is 0 Å². The molecule has 0 aliphatic heterocycles. The van der Waals surface area contributed by atoms with Gasteiger partial charge in [0, 0.05) is 26.2 Å². The molecule has 7 nitrogen and oxygen atoms in total. The molecule has 3 rings (SSSR count). The highest BCUT2D eigenvalue weighted by Gasteiger charge is 2.13. The maximum Gasteiger partial charge on any atom is 0.261 e. The summed E-state index contributed by atoms with van der Waals surface area (Å²) in [4.78, 5) is 42.7. The fraction of sp³-hybridized carbons (Fsp3) is 0.238. The van der Waals surface area contributed by atoms with Gasteiger partial charge in [-0.2, -0.15) is 0 Å². The number of carbonyl (C=O) groups excluding carboxylic acids is 2. The molecule has 1 aromatic heterocycles. The number of carbonyl (C=O) groups is 2. The third kappa shape index (κ3) is 3.93. The first-order chi connectivity index (χ1) is 13.4. The predicted octanol–water partition coefficient (Wildman–Crippen LogP) is 1.72. The van der Waals surface area contributed by atoms with Crippen LogP contribution in [0.4, 0.5) is 0 Å². The van der Waals surface area contributed by atoms with Crippen LogP contribution in [-0.2, 0) is 17.9 Å². The molecule has 0 aliphatic rings. The number of amides is 2. The summed E-state index contributed by atoms with van der Waals surface area (Å²) in [6.07, 6.45) is 1.42. The number of aryl methyl sites for hydroxylation is 1. The van der Waals surface area contributed by atoms with E-state index in [1.165, 1.54) is 10.9 Å². The second-order valence-corrected chi connectivity index (χ2v) is 6.67. The fourth-order valence-electron chi connectivity index (χ4n) is 2.98. The minimum atomic E-state index is -0.231. The Morgan fingerprint density at radius 2 is 1.86 bits per heavy atom. The van der Waals surface area contributed by atoms with Crippen molar-refractivity contribution in [3.05, 3.63) is 75.8 Å². The number of hydrogen-bond acceptors (Lipinski definition) is 4. The highest BCUT2D eigenvalue weighted by Crippen LogP contribution is 2.11. The Morgan fingerprint density at radius 3 is 2.54 bits per heavy atom. The van der Waals surface area contributed by atoms with Gasteiger partial charge in [0.2, 0.25) is 5.91 Å². The molecule has 0 fully saturated rings. The monoisotopic (exact) mass is 378 g/mol. The molecule has 0 aliphatic carbocycles. The molecule has 3 aromatic rings. The summed E-state index contributed by atoms with van der Waals surface area (Å²) in [5.41, 5.74) is 2.80. The fourth-order valence-corrected chi connectivity index (χ4v) is 2.98. The van der Waals surface area contributed by atoms with Gasteiger partial charge in [-0.1, -0.05) is 24.3 Å². The van der Waals surface area contributed by atoms with Crippen molar-refractivity contribution >= 4 is 22.7 Å². The van der Waals surface area contributed by atoms with E-state index in [0.29, 0.717) is 23.0 Å². The van der Waals surface area contributed by atoms with E-state index in [2.05, 4.69) is 10.3 Å². The minimum absolute atomic E-state index is 0.0808. The van der Waals surface area contributed by atoms with Gasteiger partial charge in [-0.05, 0) is 36.2 Å². The first-order valence-corrected chi connectivity index (χ1v) is 8.90. The molecule has 1 N–H and O–H groups in total. The number of benzene rings is 2. The number of para-hydroxylation sites is 1. The molecular weight excluding hydrogens is 356 g/mol. The number of nitrogens with zero attached hydrogens (tertiary/aromatic N) is 3. The highest BCUT2D eigenvalue weighted by molar-refractivity contribution is 5.93. The number of hydrogen-bond donors (Lipinski definition) is 1. The number of fused-ring (bicyclic) bond motifs is 1. The van der Waals surface area contributed by atoms with E-state index < -0.39 is 0 Å². The average molecular weight is 378 g/mol. The zero-order valence-corrected chi connectivity index (χ0v) is 16.1. The number of likely N-dealkylation sites (N-methyl/N-ethyl adjacent to an activating group) is 1. The molecule has 0 spiro atoms. The van der Waals surface area contributed by atoms with Gasteiger partial charge in [-0.25, -0.2) is 4.98 Å². The Balaban J connectivity index is 1.72. The summed E-state index contributed by atoms with van der Waals surface area (Å²) >= 11 is 0. The van der Waals surface area contributed by atoms with Gasteiger partial charge >= 0.3 is 0 Å². The average Bonchev–Trinajstić information content (AvgIpc) is 2.70. The van der Waals surface area contributed by atoms with Gasteiger partial charge < -0.3 is 10.2 Å². The maximum atomic E-state index is 12.6. The third-order valence-corrected chi connectivity index (χ3v) is 4.65. The predicted molar refractivity (Wildman–Crippen MR) is 107 cm³/mol. The summed E-state index contributed by atoms with van der Waals surface area (Å²) in [5, 5.41) is 3.07. The van der Waals surface area contributed by atoms with Crippen molar-refractivity contribution in [1.82, 2.24) is 19.8 Å². The summed E-state index contributed by atoms with van der Waals surface area (Å²) in [6, 6.07) is 12.5. The van der Waals surface area contributed by atoms with Gasteiger partial charge in [0.25, 0.3) is 11.5 Å². The van der Waals surface area contributed by atoms with Crippen LogP contribution in [-0.4, -0.2) is 40.4 Å². The minimum Gasteiger partial charge on any atom is -0.355 e. The van der Waals surface area contributed by atoms with Crippen LogP contribution in [0, 0.1) is 6.92 Å². The van der Waals surface area contributed by atoms with Crippen molar-refractivity contribution in [3.8, 4) is 0 Å². The van der Waals surface area contributed by atoms with E-state index in [4.69, 9.17) is 0 Å². The molecular formula is C21H22N4O3. The number of nitrogens with one attached hydrogen (secondary N) is 1. The van der Waals surface area contributed by atoms with Crippen molar-refractivity contribution < 1.29 is 9.59 Å². The van der Waals surface area contributed by atoms with Crippen LogP contribution < -0.4 is 10.9 Å². The Morgan fingerprint density at radius 1 is 1.14 bits per heavy atom. The smallest absolute Gasteiger partial charge is 0.261 e. The molecule has 0 bridgehead atoms.